The fraction of sp³-hybridized carbons (Fsp3) is 0.261. The average molecular weight is 503 g/mol. The summed E-state index contributed by atoms with van der Waals surface area (Å²) in [4.78, 5) is 23.9. The summed E-state index contributed by atoms with van der Waals surface area (Å²) in [7, 11) is 0. The van der Waals surface area contributed by atoms with Crippen LogP contribution < -0.4 is 21.7 Å². The largest absolute Gasteiger partial charge is 0.389 e. The maximum atomic E-state index is 14.2. The van der Waals surface area contributed by atoms with E-state index < -0.39 is 17.5 Å². The van der Waals surface area contributed by atoms with Crippen molar-refractivity contribution in [2.45, 2.75) is 26.3 Å². The molecular formula is C23H24F2N6OS2. The first-order valence-electron chi connectivity index (χ1n) is 10.7. The number of carbonyl (C=O) groups excluding carboxylic acids is 1. The van der Waals surface area contributed by atoms with Crippen molar-refractivity contribution in [1.82, 2.24) is 9.97 Å². The third-order valence-corrected chi connectivity index (χ3v) is 7.23. The first kappa shape index (κ1) is 24.0. The molecule has 0 spiro atoms. The van der Waals surface area contributed by atoms with E-state index in [4.69, 9.17) is 11.5 Å². The Morgan fingerprint density at radius 1 is 1.24 bits per heavy atom. The van der Waals surface area contributed by atoms with Crippen LogP contribution in [0.1, 0.15) is 30.8 Å². The van der Waals surface area contributed by atoms with Gasteiger partial charge in [0.15, 0.2) is 5.69 Å². The summed E-state index contributed by atoms with van der Waals surface area (Å²) >= 11 is 2.37. The van der Waals surface area contributed by atoms with Crippen LogP contribution >= 0.6 is 22.7 Å². The van der Waals surface area contributed by atoms with E-state index in [1.807, 2.05) is 25.3 Å². The van der Waals surface area contributed by atoms with Gasteiger partial charge in [0.25, 0.3) is 5.91 Å². The third-order valence-electron chi connectivity index (χ3n) is 5.42. The second kappa shape index (κ2) is 10.00. The molecule has 0 aliphatic rings. The van der Waals surface area contributed by atoms with Crippen molar-refractivity contribution in [3.63, 3.8) is 0 Å². The van der Waals surface area contributed by atoms with E-state index in [-0.39, 0.29) is 27.3 Å². The molecule has 0 bridgehead atoms. The fourth-order valence-electron chi connectivity index (χ4n) is 3.58. The van der Waals surface area contributed by atoms with Gasteiger partial charge in [-0.05, 0) is 36.9 Å². The number of thiazole rings is 1. The van der Waals surface area contributed by atoms with Gasteiger partial charge in [-0.1, -0.05) is 24.3 Å². The lowest BCUT2D eigenvalue weighted by Gasteiger charge is -2.28. The predicted octanol–water partition coefficient (Wildman–Crippen LogP) is 5.10. The van der Waals surface area contributed by atoms with Gasteiger partial charge in [-0.15, -0.1) is 11.3 Å². The summed E-state index contributed by atoms with van der Waals surface area (Å²) in [6.07, 6.45) is 2.39. The van der Waals surface area contributed by atoms with Crippen LogP contribution in [-0.4, -0.2) is 35.0 Å². The maximum absolute atomic E-state index is 14.2. The number of carbonyl (C=O) groups is 1. The summed E-state index contributed by atoms with van der Waals surface area (Å²) in [5, 5.41) is 4.84. The molecule has 1 aromatic carbocycles. The van der Waals surface area contributed by atoms with Crippen LogP contribution in [0.15, 0.2) is 35.8 Å². The number of amides is 1. The molecule has 1 amide bonds. The highest BCUT2D eigenvalue weighted by atomic mass is 32.1. The number of hydrogen-bond donors (Lipinski definition) is 3. The Morgan fingerprint density at radius 3 is 2.65 bits per heavy atom. The molecule has 4 rings (SSSR count). The Bertz CT molecular complexity index is 1320. The van der Waals surface area contributed by atoms with Crippen molar-refractivity contribution in [2.24, 2.45) is 5.73 Å². The zero-order valence-electron chi connectivity index (χ0n) is 18.6. The molecule has 34 heavy (non-hydrogen) atoms. The van der Waals surface area contributed by atoms with E-state index in [2.05, 4.69) is 20.2 Å². The zero-order valence-corrected chi connectivity index (χ0v) is 20.3. The van der Waals surface area contributed by atoms with Gasteiger partial charge in [0.2, 0.25) is 0 Å². The molecule has 0 radical (unpaired) electrons. The molecule has 0 aliphatic heterocycles. The van der Waals surface area contributed by atoms with Gasteiger partial charge in [-0.2, -0.15) is 0 Å². The van der Waals surface area contributed by atoms with E-state index in [0.717, 1.165) is 45.8 Å². The van der Waals surface area contributed by atoms with Crippen molar-refractivity contribution < 1.29 is 13.6 Å². The minimum atomic E-state index is -0.777. The molecule has 4 aromatic rings. The molecule has 11 heteroatoms. The number of nitrogen functional groups attached to an aromatic ring is 1. The van der Waals surface area contributed by atoms with Gasteiger partial charge < -0.3 is 21.7 Å². The van der Waals surface area contributed by atoms with Gasteiger partial charge in [0.1, 0.15) is 21.6 Å². The number of fused-ring (bicyclic) bond motifs is 1. The van der Waals surface area contributed by atoms with Crippen molar-refractivity contribution in [3.05, 3.63) is 53.2 Å². The lowest BCUT2D eigenvalue weighted by molar-refractivity contribution is 0.102. The van der Waals surface area contributed by atoms with E-state index >= 15 is 0 Å². The monoisotopic (exact) mass is 502 g/mol. The molecule has 3 aromatic heterocycles. The second-order valence-corrected chi connectivity index (χ2v) is 9.59. The van der Waals surface area contributed by atoms with Crippen LogP contribution in [0.5, 0.6) is 0 Å². The Morgan fingerprint density at radius 2 is 1.97 bits per heavy atom. The Hall–Kier alpha value is -3.15. The minimum absolute atomic E-state index is 0.00517. The highest BCUT2D eigenvalue weighted by Crippen LogP contribution is 2.38. The van der Waals surface area contributed by atoms with Gasteiger partial charge in [-0.3, -0.25) is 9.78 Å². The quantitative estimate of drug-likeness (QED) is 0.309. The van der Waals surface area contributed by atoms with Crippen LogP contribution in [0.3, 0.4) is 0 Å². The Kier molecular flexibility index (Phi) is 7.05. The molecule has 7 nitrogen and oxygen atoms in total. The predicted molar refractivity (Wildman–Crippen MR) is 136 cm³/mol. The number of nitrogens with one attached hydrogen (secondary N) is 1. The number of halogens is 2. The molecule has 0 saturated heterocycles. The number of pyridine rings is 1. The van der Waals surface area contributed by atoms with Crippen molar-refractivity contribution in [2.75, 3.05) is 29.0 Å². The van der Waals surface area contributed by atoms with Gasteiger partial charge in [-0.25, -0.2) is 13.8 Å². The van der Waals surface area contributed by atoms with E-state index in [1.54, 1.807) is 6.20 Å². The normalized spacial score (nSPS) is 12.1. The molecule has 5 N–H and O–H groups in total. The van der Waals surface area contributed by atoms with E-state index in [9.17, 15) is 13.6 Å². The number of benzene rings is 1. The topological polar surface area (TPSA) is 110 Å². The lowest BCUT2D eigenvalue weighted by Crippen LogP contribution is -2.37. The number of anilines is 3. The van der Waals surface area contributed by atoms with Crippen molar-refractivity contribution in [1.29, 1.82) is 0 Å². The molecular weight excluding hydrogens is 478 g/mol. The number of rotatable bonds is 8. The van der Waals surface area contributed by atoms with Crippen molar-refractivity contribution >= 4 is 55.2 Å². The molecule has 3 heterocycles. The van der Waals surface area contributed by atoms with Crippen LogP contribution in [-0.2, 0) is 0 Å². The minimum Gasteiger partial charge on any atom is -0.389 e. The Balaban J connectivity index is 1.71. The van der Waals surface area contributed by atoms with Crippen LogP contribution in [0.25, 0.3) is 20.8 Å². The summed E-state index contributed by atoms with van der Waals surface area (Å²) in [6.45, 7) is 5.31. The SMILES string of the molecule is CC[C@H](N)CN(CC)c1c(NC(=O)c2nc(-c3c(F)cccc3F)sc2N)cnc2ccsc12. The fourth-order valence-corrected chi connectivity index (χ4v) is 5.38. The number of thiophene rings is 1. The number of nitrogens with zero attached hydrogens (tertiary/aromatic N) is 3. The van der Waals surface area contributed by atoms with Crippen LogP contribution in [0.4, 0.5) is 25.2 Å². The first-order valence-corrected chi connectivity index (χ1v) is 12.4. The number of nitrogens with two attached hydrogens (primary N) is 2. The third kappa shape index (κ3) is 4.59. The summed E-state index contributed by atoms with van der Waals surface area (Å²) in [5.41, 5.74) is 13.9. The standard InChI is InChI=1S/C23H24F2N6OS2/c1-3-12(26)11-31(4-2)19-16(10-28-15-8-9-33-20(15)19)29-22(32)18-21(27)34-23(30-18)17-13(24)6-5-7-14(17)25/h5-10,12H,3-4,11,26-27H2,1-2H3,(H,29,32)/t12-/m0/s1. The number of likely N-dealkylation sites (N-methyl/N-ethyl adjacent to an activating group) is 1. The second-order valence-electron chi connectivity index (χ2n) is 7.65. The molecule has 0 fully saturated rings. The molecule has 1 atom stereocenters. The molecule has 178 valence electrons. The van der Waals surface area contributed by atoms with Crippen molar-refractivity contribution in [3.8, 4) is 10.6 Å². The summed E-state index contributed by atoms with van der Waals surface area (Å²) in [6, 6.07) is 5.39. The zero-order chi connectivity index (χ0) is 24.4. The van der Waals surface area contributed by atoms with Crippen LogP contribution in [0, 0.1) is 11.6 Å². The van der Waals surface area contributed by atoms with Crippen LogP contribution in [0.2, 0.25) is 0 Å². The van der Waals surface area contributed by atoms with E-state index in [0.29, 0.717) is 18.8 Å². The highest BCUT2D eigenvalue weighted by Gasteiger charge is 2.24. The van der Waals surface area contributed by atoms with Gasteiger partial charge in [0, 0.05) is 19.1 Å². The van der Waals surface area contributed by atoms with E-state index in [1.165, 1.54) is 17.4 Å². The molecule has 0 unspecified atom stereocenters. The highest BCUT2D eigenvalue weighted by molar-refractivity contribution is 7.19. The summed E-state index contributed by atoms with van der Waals surface area (Å²) < 4.78 is 29.4. The smallest absolute Gasteiger partial charge is 0.277 e. The van der Waals surface area contributed by atoms with Gasteiger partial charge >= 0.3 is 0 Å². The first-order chi connectivity index (χ1) is 16.3. The lowest BCUT2D eigenvalue weighted by atomic mass is 10.2. The average Bonchev–Trinajstić information content (AvgIpc) is 3.44. The molecule has 0 saturated carbocycles. The number of aromatic nitrogens is 2. The number of hydrogen-bond acceptors (Lipinski definition) is 8. The summed E-state index contributed by atoms with van der Waals surface area (Å²) in [5.74, 6) is -2.14. The maximum Gasteiger partial charge on any atom is 0.277 e. The van der Waals surface area contributed by atoms with Gasteiger partial charge in [0.05, 0.1) is 33.4 Å². The molecule has 0 aliphatic carbocycles. The Labute approximate surface area is 203 Å².